The highest BCUT2D eigenvalue weighted by Gasteiger charge is 2.35. The molecule has 0 radical (unpaired) electrons. The number of nitrogens with zero attached hydrogens (tertiary/aromatic N) is 2. The highest BCUT2D eigenvalue weighted by Crippen LogP contribution is 2.20. The molecule has 1 saturated heterocycles. The quantitative estimate of drug-likeness (QED) is 0.834. The molecule has 2 rings (SSSR count). The maximum Gasteiger partial charge on any atom is 0.282 e. The van der Waals surface area contributed by atoms with E-state index in [-0.39, 0.29) is 29.6 Å². The summed E-state index contributed by atoms with van der Waals surface area (Å²) in [5.41, 5.74) is 0.328. The van der Waals surface area contributed by atoms with E-state index in [1.807, 2.05) is 0 Å². The van der Waals surface area contributed by atoms with E-state index in [0.29, 0.717) is 5.71 Å². The van der Waals surface area contributed by atoms with Crippen molar-refractivity contribution in [2.75, 3.05) is 6.54 Å². The molecule has 6 nitrogen and oxygen atoms in total. The molecule has 1 aliphatic rings. The zero-order chi connectivity index (χ0) is 15.6. The van der Waals surface area contributed by atoms with Gasteiger partial charge in [0.1, 0.15) is 0 Å². The van der Waals surface area contributed by atoms with Gasteiger partial charge in [-0.2, -0.15) is 12.8 Å². The number of rotatable bonds is 3. The zero-order valence-electron chi connectivity index (χ0n) is 11.8. The number of ketones is 1. The number of sulfonamides is 1. The summed E-state index contributed by atoms with van der Waals surface area (Å²) in [6.07, 6.45) is 0.168. The van der Waals surface area contributed by atoms with E-state index in [0.717, 1.165) is 0 Å². The second-order valence-electron chi connectivity index (χ2n) is 4.92. The molecule has 0 aromatic heterocycles. The number of amides is 1. The zero-order valence-corrected chi connectivity index (χ0v) is 12.6. The molecule has 1 fully saturated rings. The molecule has 1 atom stereocenters. The molecule has 1 aromatic carbocycles. The minimum Gasteiger partial charge on any atom is -0.327 e. The first-order valence-corrected chi connectivity index (χ1v) is 7.90. The molecular formula is C14H16N2O4S. The Kier molecular flexibility index (Phi) is 4.22. The van der Waals surface area contributed by atoms with Gasteiger partial charge in [-0.05, 0) is 19.1 Å². The molecule has 0 unspecified atom stereocenters. The smallest absolute Gasteiger partial charge is 0.282 e. The molecule has 1 heterocycles. The third-order valence-electron chi connectivity index (χ3n) is 3.32. The van der Waals surface area contributed by atoms with Crippen LogP contribution in [-0.2, 0) is 19.6 Å². The Morgan fingerprint density at radius 3 is 2.29 bits per heavy atom. The van der Waals surface area contributed by atoms with Gasteiger partial charge in [-0.3, -0.25) is 9.59 Å². The van der Waals surface area contributed by atoms with Gasteiger partial charge in [0.05, 0.1) is 23.2 Å². The summed E-state index contributed by atoms with van der Waals surface area (Å²) < 4.78 is 28.1. The van der Waals surface area contributed by atoms with Gasteiger partial charge in [-0.25, -0.2) is 0 Å². The Labute approximate surface area is 123 Å². The average Bonchev–Trinajstić information content (AvgIpc) is 2.83. The maximum atomic E-state index is 12.2. The summed E-state index contributed by atoms with van der Waals surface area (Å²) in [5.74, 6) is -0.440. The van der Waals surface area contributed by atoms with Crippen molar-refractivity contribution in [2.24, 2.45) is 4.40 Å². The number of benzene rings is 1. The molecule has 0 N–H and O–H groups in total. The van der Waals surface area contributed by atoms with Crippen molar-refractivity contribution >= 4 is 27.4 Å². The van der Waals surface area contributed by atoms with E-state index in [4.69, 9.17) is 0 Å². The predicted octanol–water partition coefficient (Wildman–Crippen LogP) is 1.03. The first-order chi connectivity index (χ1) is 9.81. The van der Waals surface area contributed by atoms with Crippen molar-refractivity contribution in [3.05, 3.63) is 30.3 Å². The molecule has 1 amide bonds. The van der Waals surface area contributed by atoms with Crippen LogP contribution in [0.3, 0.4) is 0 Å². The normalized spacial score (nSPS) is 20.8. The summed E-state index contributed by atoms with van der Waals surface area (Å²) in [7, 11) is -3.80. The van der Waals surface area contributed by atoms with Crippen LogP contribution < -0.4 is 0 Å². The lowest BCUT2D eigenvalue weighted by molar-refractivity contribution is -0.135. The lowest BCUT2D eigenvalue weighted by Gasteiger charge is -2.19. The van der Waals surface area contributed by atoms with Crippen LogP contribution in [0.2, 0.25) is 0 Å². The van der Waals surface area contributed by atoms with Gasteiger partial charge in [0.15, 0.2) is 5.78 Å². The van der Waals surface area contributed by atoms with Crippen LogP contribution in [0.15, 0.2) is 39.6 Å². The Hall–Kier alpha value is -2.02. The summed E-state index contributed by atoms with van der Waals surface area (Å²) >= 11 is 0. The van der Waals surface area contributed by atoms with Gasteiger partial charge in [0, 0.05) is 13.3 Å². The van der Waals surface area contributed by atoms with E-state index >= 15 is 0 Å². The second-order valence-corrected chi connectivity index (χ2v) is 6.53. The van der Waals surface area contributed by atoms with Crippen LogP contribution >= 0.6 is 0 Å². The van der Waals surface area contributed by atoms with Gasteiger partial charge < -0.3 is 4.90 Å². The van der Waals surface area contributed by atoms with E-state index in [1.165, 1.54) is 30.9 Å². The summed E-state index contributed by atoms with van der Waals surface area (Å²) in [6.45, 7) is 2.81. The highest BCUT2D eigenvalue weighted by molar-refractivity contribution is 7.90. The van der Waals surface area contributed by atoms with Crippen LogP contribution in [0.25, 0.3) is 0 Å². The lowest BCUT2D eigenvalue weighted by Crippen LogP contribution is -2.38. The van der Waals surface area contributed by atoms with Gasteiger partial charge in [0.2, 0.25) is 5.91 Å². The number of carbonyl (C=O) groups excluding carboxylic acids is 2. The van der Waals surface area contributed by atoms with Gasteiger partial charge in [0.25, 0.3) is 10.0 Å². The Morgan fingerprint density at radius 1 is 1.19 bits per heavy atom. The van der Waals surface area contributed by atoms with Crippen LogP contribution in [0, 0.1) is 0 Å². The number of Topliss-reactive ketones (excluding diaryl/α,β-unsaturated/α-hetero) is 1. The topological polar surface area (TPSA) is 83.9 Å². The molecule has 1 aromatic rings. The van der Waals surface area contributed by atoms with E-state index in [2.05, 4.69) is 4.40 Å². The van der Waals surface area contributed by atoms with Crippen molar-refractivity contribution in [3.63, 3.8) is 0 Å². The molecule has 0 saturated carbocycles. The van der Waals surface area contributed by atoms with E-state index in [1.54, 1.807) is 18.2 Å². The van der Waals surface area contributed by atoms with Crippen LogP contribution in [0.4, 0.5) is 0 Å². The van der Waals surface area contributed by atoms with Crippen molar-refractivity contribution in [2.45, 2.75) is 31.2 Å². The molecule has 21 heavy (non-hydrogen) atoms. The second kappa shape index (κ2) is 5.77. The summed E-state index contributed by atoms with van der Waals surface area (Å²) in [6, 6.07) is 7.24. The van der Waals surface area contributed by atoms with Crippen molar-refractivity contribution in [3.8, 4) is 0 Å². The maximum absolute atomic E-state index is 12.2. The number of hydrogen-bond acceptors (Lipinski definition) is 4. The molecule has 0 spiro atoms. The highest BCUT2D eigenvalue weighted by atomic mass is 32.2. The average molecular weight is 308 g/mol. The lowest BCUT2D eigenvalue weighted by atomic mass is 10.1. The third-order valence-corrected chi connectivity index (χ3v) is 4.69. The Balaban J connectivity index is 2.31. The summed E-state index contributed by atoms with van der Waals surface area (Å²) in [5, 5.41) is 0. The molecule has 0 aliphatic carbocycles. The molecule has 7 heteroatoms. The molecule has 112 valence electrons. The number of hydrogen-bond donors (Lipinski definition) is 0. The molecule has 0 bridgehead atoms. The van der Waals surface area contributed by atoms with Crippen molar-refractivity contribution < 1.29 is 18.0 Å². The van der Waals surface area contributed by atoms with Gasteiger partial charge in [-0.15, -0.1) is 0 Å². The van der Waals surface area contributed by atoms with Gasteiger partial charge >= 0.3 is 0 Å². The fourth-order valence-corrected chi connectivity index (χ4v) is 3.36. The summed E-state index contributed by atoms with van der Waals surface area (Å²) in [4.78, 5) is 24.5. The largest absolute Gasteiger partial charge is 0.327 e. The third kappa shape index (κ3) is 3.36. The molecule has 1 aliphatic heterocycles. The number of likely N-dealkylation sites (tertiary alicyclic amines) is 1. The first-order valence-electron chi connectivity index (χ1n) is 6.46. The standard InChI is InChI=1S/C14H16N2O4S/c1-10(17)14-8-12(9-16(14)11(2)18)15-21(19,20)13-6-4-3-5-7-13/h3-7,14H,8-9H2,1-2H3/t14-/m0/s1. The fourth-order valence-electron chi connectivity index (χ4n) is 2.28. The van der Waals surface area contributed by atoms with Crippen LogP contribution in [0.5, 0.6) is 0 Å². The SMILES string of the molecule is CC(=O)[C@@H]1CC(=NS(=O)(=O)c2ccccc2)CN1C(C)=O. The van der Waals surface area contributed by atoms with Crippen molar-refractivity contribution in [1.29, 1.82) is 0 Å². The minimum absolute atomic E-state index is 0.0750. The fraction of sp³-hybridized carbons (Fsp3) is 0.357. The van der Waals surface area contributed by atoms with E-state index in [9.17, 15) is 18.0 Å². The monoisotopic (exact) mass is 308 g/mol. The van der Waals surface area contributed by atoms with Gasteiger partial charge in [-0.1, -0.05) is 18.2 Å². The first kappa shape index (κ1) is 15.4. The van der Waals surface area contributed by atoms with Crippen molar-refractivity contribution in [1.82, 2.24) is 4.90 Å². The molecular weight excluding hydrogens is 292 g/mol. The minimum atomic E-state index is -3.80. The van der Waals surface area contributed by atoms with Crippen LogP contribution in [-0.4, -0.2) is 43.3 Å². The Morgan fingerprint density at radius 2 is 1.81 bits per heavy atom. The Bertz CT molecular complexity index is 671. The van der Waals surface area contributed by atoms with Crippen LogP contribution in [0.1, 0.15) is 20.3 Å². The predicted molar refractivity (Wildman–Crippen MR) is 77.5 cm³/mol. The number of carbonyl (C=O) groups is 2. The van der Waals surface area contributed by atoms with E-state index < -0.39 is 16.1 Å².